The average molecular weight is 500 g/mol. The first-order chi connectivity index (χ1) is 15.6. The quantitative estimate of drug-likeness (QED) is 0.217. The molecule has 0 spiro atoms. The lowest BCUT2D eigenvalue weighted by molar-refractivity contribution is 0.563. The van der Waals surface area contributed by atoms with Gasteiger partial charge in [0.2, 0.25) is 0 Å². The largest absolute Gasteiger partial charge is 0.422 e. The summed E-state index contributed by atoms with van der Waals surface area (Å²) in [6.07, 6.45) is 1.63. The van der Waals surface area contributed by atoms with Crippen LogP contribution in [0, 0.1) is 11.3 Å². The smallest absolute Gasteiger partial charge is 0.345 e. The minimum absolute atomic E-state index is 0.359. The molecule has 0 fully saturated rings. The highest BCUT2D eigenvalue weighted by Gasteiger charge is 2.14. The van der Waals surface area contributed by atoms with Crippen molar-refractivity contribution in [2.45, 2.75) is 0 Å². The fourth-order valence-electron chi connectivity index (χ4n) is 3.37. The zero-order valence-corrected chi connectivity index (χ0v) is 18.9. The van der Waals surface area contributed by atoms with E-state index in [2.05, 4.69) is 38.4 Å². The molecule has 154 valence electrons. The highest BCUT2D eigenvalue weighted by molar-refractivity contribution is 9.10. The predicted octanol–water partition coefficient (Wildman–Crippen LogP) is 6.81. The Balaban J connectivity index is 1.46. The van der Waals surface area contributed by atoms with Gasteiger partial charge >= 0.3 is 5.63 Å². The van der Waals surface area contributed by atoms with Crippen LogP contribution in [-0.2, 0) is 0 Å². The molecular weight excluding hydrogens is 486 g/mol. The van der Waals surface area contributed by atoms with Crippen molar-refractivity contribution in [3.8, 4) is 17.3 Å². The van der Waals surface area contributed by atoms with E-state index in [1.54, 1.807) is 23.7 Å². The molecule has 1 N–H and O–H groups in total. The van der Waals surface area contributed by atoms with Gasteiger partial charge in [-0.15, -0.1) is 11.3 Å². The summed E-state index contributed by atoms with van der Waals surface area (Å²) in [4.78, 5) is 17.0. The zero-order valence-electron chi connectivity index (χ0n) is 16.5. The van der Waals surface area contributed by atoms with Gasteiger partial charge in [0.15, 0.2) is 0 Å². The molecule has 0 aliphatic heterocycles. The zero-order chi connectivity index (χ0) is 22.1. The maximum Gasteiger partial charge on any atom is 0.345 e. The van der Waals surface area contributed by atoms with Gasteiger partial charge in [-0.05, 0) is 47.2 Å². The predicted molar refractivity (Wildman–Crippen MR) is 132 cm³/mol. The molecule has 0 unspecified atom stereocenters. The van der Waals surface area contributed by atoms with Gasteiger partial charge in [0.1, 0.15) is 22.2 Å². The summed E-state index contributed by atoms with van der Waals surface area (Å²) in [5.74, 6) is 0. The normalized spacial score (nSPS) is 11.6. The van der Waals surface area contributed by atoms with E-state index in [-0.39, 0.29) is 0 Å². The minimum atomic E-state index is -0.464. The Bertz CT molecular complexity index is 1610. The van der Waals surface area contributed by atoms with Crippen molar-refractivity contribution in [2.75, 3.05) is 5.32 Å². The van der Waals surface area contributed by atoms with E-state index in [0.717, 1.165) is 26.3 Å². The highest BCUT2D eigenvalue weighted by Crippen LogP contribution is 2.28. The molecule has 0 radical (unpaired) electrons. The van der Waals surface area contributed by atoms with Gasteiger partial charge in [-0.2, -0.15) is 5.26 Å². The number of nitrogens with zero attached hydrogens (tertiary/aromatic N) is 2. The van der Waals surface area contributed by atoms with Gasteiger partial charge in [0.25, 0.3) is 0 Å². The SMILES string of the molecule is N#CC(=CNc1ccc2ccccc2c1)c1nc(-c2cc3cc(Br)ccc3oc2=O)cs1. The number of hydrogen-bond donors (Lipinski definition) is 1. The Kier molecular flexibility index (Phi) is 5.31. The van der Waals surface area contributed by atoms with Crippen molar-refractivity contribution in [3.05, 3.63) is 98.2 Å². The van der Waals surface area contributed by atoms with E-state index < -0.39 is 5.63 Å². The molecule has 0 saturated carbocycles. The van der Waals surface area contributed by atoms with E-state index in [0.29, 0.717) is 27.4 Å². The first-order valence-electron chi connectivity index (χ1n) is 9.66. The van der Waals surface area contributed by atoms with Crippen molar-refractivity contribution >= 4 is 60.3 Å². The summed E-state index contributed by atoms with van der Waals surface area (Å²) in [6, 6.07) is 23.5. The van der Waals surface area contributed by atoms with Crippen molar-refractivity contribution in [1.82, 2.24) is 4.98 Å². The van der Waals surface area contributed by atoms with Gasteiger partial charge < -0.3 is 9.73 Å². The van der Waals surface area contributed by atoms with Crippen LogP contribution in [0.1, 0.15) is 5.01 Å². The number of anilines is 1. The second-order valence-electron chi connectivity index (χ2n) is 7.04. The van der Waals surface area contributed by atoms with Crippen molar-refractivity contribution < 1.29 is 4.42 Å². The second-order valence-corrected chi connectivity index (χ2v) is 8.82. The van der Waals surface area contributed by atoms with E-state index in [4.69, 9.17) is 4.42 Å². The second kappa shape index (κ2) is 8.42. The molecule has 0 amide bonds. The molecule has 7 heteroatoms. The standard InChI is InChI=1S/C25H14BrN3O2S/c26-19-6-8-23-17(9-19)11-21(25(30)31-23)22-14-32-24(29-22)18(12-27)13-28-20-7-5-15-3-1-2-4-16(15)10-20/h1-11,13-14,28H. The lowest BCUT2D eigenvalue weighted by atomic mass is 10.1. The van der Waals surface area contributed by atoms with Gasteiger partial charge in [0.05, 0.1) is 11.3 Å². The lowest BCUT2D eigenvalue weighted by Crippen LogP contribution is -2.03. The Hall–Kier alpha value is -3.73. The summed E-state index contributed by atoms with van der Waals surface area (Å²) in [5, 5.41) is 18.1. The first-order valence-corrected chi connectivity index (χ1v) is 11.3. The number of nitriles is 1. The summed E-state index contributed by atoms with van der Waals surface area (Å²) >= 11 is 4.73. The molecule has 2 aromatic heterocycles. The maximum absolute atomic E-state index is 12.5. The third kappa shape index (κ3) is 3.94. The Morgan fingerprint density at radius 3 is 2.75 bits per heavy atom. The molecule has 0 atom stereocenters. The molecule has 32 heavy (non-hydrogen) atoms. The minimum Gasteiger partial charge on any atom is -0.422 e. The molecule has 5 nitrogen and oxygen atoms in total. The van der Waals surface area contributed by atoms with E-state index >= 15 is 0 Å². The fourth-order valence-corrected chi connectivity index (χ4v) is 4.53. The maximum atomic E-state index is 12.5. The molecule has 0 bridgehead atoms. The number of rotatable bonds is 4. The van der Waals surface area contributed by atoms with E-state index in [9.17, 15) is 10.1 Å². The van der Waals surface area contributed by atoms with Crippen molar-refractivity contribution in [3.63, 3.8) is 0 Å². The highest BCUT2D eigenvalue weighted by atomic mass is 79.9. The summed E-state index contributed by atoms with van der Waals surface area (Å²) in [5.41, 5.74) is 2.13. The van der Waals surface area contributed by atoms with Crippen LogP contribution in [0.4, 0.5) is 5.69 Å². The number of halogens is 1. The molecule has 0 saturated heterocycles. The Morgan fingerprint density at radius 2 is 1.91 bits per heavy atom. The third-order valence-corrected chi connectivity index (χ3v) is 6.33. The van der Waals surface area contributed by atoms with E-state index in [1.165, 1.54) is 11.3 Å². The van der Waals surface area contributed by atoms with Gasteiger partial charge in [0, 0.05) is 27.1 Å². The Morgan fingerprint density at radius 1 is 1.06 bits per heavy atom. The van der Waals surface area contributed by atoms with Gasteiger partial charge in [-0.25, -0.2) is 9.78 Å². The molecule has 0 aliphatic carbocycles. The Labute approximate surface area is 195 Å². The van der Waals surface area contributed by atoms with E-state index in [1.807, 2.05) is 48.5 Å². The van der Waals surface area contributed by atoms with Crippen molar-refractivity contribution in [1.29, 1.82) is 5.26 Å². The van der Waals surface area contributed by atoms with Crippen LogP contribution in [0.2, 0.25) is 0 Å². The van der Waals surface area contributed by atoms with Crippen LogP contribution < -0.4 is 10.9 Å². The van der Waals surface area contributed by atoms with Gasteiger partial charge in [-0.1, -0.05) is 46.3 Å². The monoisotopic (exact) mass is 499 g/mol. The molecule has 3 aromatic carbocycles. The number of allylic oxidation sites excluding steroid dienone is 1. The van der Waals surface area contributed by atoms with Crippen molar-refractivity contribution in [2.24, 2.45) is 0 Å². The van der Waals surface area contributed by atoms with Crippen LogP contribution in [0.3, 0.4) is 0 Å². The number of thiazole rings is 1. The van der Waals surface area contributed by atoms with Crippen LogP contribution in [0.5, 0.6) is 0 Å². The van der Waals surface area contributed by atoms with Gasteiger partial charge in [-0.3, -0.25) is 0 Å². The summed E-state index contributed by atoms with van der Waals surface area (Å²) in [6.45, 7) is 0. The molecule has 5 rings (SSSR count). The number of fused-ring (bicyclic) bond motifs is 2. The average Bonchev–Trinajstić information content (AvgIpc) is 3.29. The summed E-state index contributed by atoms with van der Waals surface area (Å²) in [7, 11) is 0. The van der Waals surface area contributed by atoms with Crippen LogP contribution in [0.15, 0.2) is 92.0 Å². The summed E-state index contributed by atoms with van der Waals surface area (Å²) < 4.78 is 6.32. The number of hydrogen-bond acceptors (Lipinski definition) is 6. The molecule has 0 aliphatic rings. The molecule has 2 heterocycles. The fraction of sp³-hybridized carbons (Fsp3) is 0. The van der Waals surface area contributed by atoms with Crippen LogP contribution >= 0.6 is 27.3 Å². The lowest BCUT2D eigenvalue weighted by Gasteiger charge is -2.04. The topological polar surface area (TPSA) is 78.9 Å². The van der Waals surface area contributed by atoms with Crippen LogP contribution in [-0.4, -0.2) is 4.98 Å². The number of nitrogens with one attached hydrogen (secondary N) is 1. The third-order valence-electron chi connectivity index (χ3n) is 4.96. The molecule has 5 aromatic rings. The first kappa shape index (κ1) is 20.2. The number of benzene rings is 3. The number of aromatic nitrogens is 1. The van der Waals surface area contributed by atoms with Crippen LogP contribution in [0.25, 0.3) is 38.6 Å². The molecular formula is C25H14BrN3O2S.